The molecule has 2 heterocycles. The van der Waals surface area contributed by atoms with Gasteiger partial charge in [0.15, 0.2) is 12.0 Å². The molecule has 3 aromatic rings. The highest BCUT2D eigenvalue weighted by atomic mass is 16.5. The quantitative estimate of drug-likeness (QED) is 0.648. The van der Waals surface area contributed by atoms with Crippen molar-refractivity contribution in [3.63, 3.8) is 0 Å². The maximum Gasteiger partial charge on any atom is 0.306 e. The van der Waals surface area contributed by atoms with Crippen LogP contribution in [-0.2, 0) is 9.59 Å². The van der Waals surface area contributed by atoms with E-state index >= 15 is 0 Å². The minimum atomic E-state index is -0.841. The lowest BCUT2D eigenvalue weighted by atomic mass is 9.97. The molecule has 31 heavy (non-hydrogen) atoms. The molecule has 4 rings (SSSR count). The van der Waals surface area contributed by atoms with Crippen molar-refractivity contribution < 1.29 is 29.0 Å². The molecule has 2 N–H and O–H groups in total. The number of fused-ring (bicyclic) bond motifs is 1. The number of amides is 1. The third kappa shape index (κ3) is 4.37. The van der Waals surface area contributed by atoms with Crippen molar-refractivity contribution in [2.24, 2.45) is 5.92 Å². The van der Waals surface area contributed by atoms with Gasteiger partial charge in [-0.25, -0.2) is 0 Å². The normalized spacial score (nSPS) is 14.5. The Morgan fingerprint density at radius 1 is 1.10 bits per heavy atom. The van der Waals surface area contributed by atoms with E-state index in [1.807, 2.05) is 18.2 Å². The zero-order chi connectivity index (χ0) is 22.0. The molecule has 1 amide bonds. The summed E-state index contributed by atoms with van der Waals surface area (Å²) in [5, 5.41) is 19.4. The fraction of sp³-hybridized carbons (Fsp3) is 0.261. The molecular weight excluding hydrogens is 402 g/mol. The standard InChI is InChI=1S/C23H21NO7/c25-17-10-16(30-13-21(27)24-8-6-15(7-9-24)23(28)29)11-20-22(17)18(26)12-19(31-20)14-4-2-1-3-5-14/h1-5,10-12,15,25H,6-9,13H2,(H,28,29). The van der Waals surface area contributed by atoms with Gasteiger partial charge in [-0.15, -0.1) is 0 Å². The lowest BCUT2D eigenvalue weighted by Crippen LogP contribution is -2.42. The Bertz CT molecular complexity index is 1180. The van der Waals surface area contributed by atoms with Gasteiger partial charge in [0.2, 0.25) is 0 Å². The molecule has 8 nitrogen and oxygen atoms in total. The Kier molecular flexibility index (Phi) is 5.62. The highest BCUT2D eigenvalue weighted by molar-refractivity contribution is 5.86. The molecule has 1 aliphatic heterocycles. The first-order valence-electron chi connectivity index (χ1n) is 9.92. The summed E-state index contributed by atoms with van der Waals surface area (Å²) in [4.78, 5) is 37.5. The largest absolute Gasteiger partial charge is 0.507 e. The summed E-state index contributed by atoms with van der Waals surface area (Å²) in [5.74, 6) is -1.30. The van der Waals surface area contributed by atoms with E-state index in [1.165, 1.54) is 18.2 Å². The lowest BCUT2D eigenvalue weighted by Gasteiger charge is -2.30. The molecule has 0 aliphatic carbocycles. The minimum absolute atomic E-state index is 0.0362. The van der Waals surface area contributed by atoms with Crippen LogP contribution in [-0.4, -0.2) is 46.7 Å². The van der Waals surface area contributed by atoms with Gasteiger partial charge in [-0.2, -0.15) is 0 Å². The number of carbonyl (C=O) groups excluding carboxylic acids is 1. The number of piperidine rings is 1. The molecule has 0 radical (unpaired) electrons. The number of ether oxygens (including phenoxy) is 1. The van der Waals surface area contributed by atoms with Crippen molar-refractivity contribution in [2.75, 3.05) is 19.7 Å². The van der Waals surface area contributed by atoms with Crippen molar-refractivity contribution >= 4 is 22.8 Å². The number of hydrogen-bond acceptors (Lipinski definition) is 6. The second-order valence-corrected chi connectivity index (χ2v) is 7.44. The van der Waals surface area contributed by atoms with Crippen LogP contribution >= 0.6 is 0 Å². The first kappa shape index (κ1) is 20.5. The second kappa shape index (κ2) is 8.51. The molecule has 1 fully saturated rings. The number of phenolic OH excluding ortho intramolecular Hbond substituents is 1. The van der Waals surface area contributed by atoms with E-state index in [1.54, 1.807) is 17.0 Å². The van der Waals surface area contributed by atoms with Gasteiger partial charge in [0, 0.05) is 36.9 Å². The first-order valence-corrected chi connectivity index (χ1v) is 9.92. The van der Waals surface area contributed by atoms with Gasteiger partial charge in [-0.1, -0.05) is 30.3 Å². The summed E-state index contributed by atoms with van der Waals surface area (Å²) >= 11 is 0. The Morgan fingerprint density at radius 2 is 1.81 bits per heavy atom. The fourth-order valence-corrected chi connectivity index (χ4v) is 3.68. The molecule has 1 aliphatic rings. The zero-order valence-corrected chi connectivity index (χ0v) is 16.6. The first-order chi connectivity index (χ1) is 14.9. The Hall–Kier alpha value is -3.81. The number of hydrogen-bond donors (Lipinski definition) is 2. The van der Waals surface area contributed by atoms with Crippen molar-refractivity contribution in [1.29, 1.82) is 0 Å². The van der Waals surface area contributed by atoms with Crippen molar-refractivity contribution in [2.45, 2.75) is 12.8 Å². The van der Waals surface area contributed by atoms with Gasteiger partial charge in [-0.3, -0.25) is 14.4 Å². The van der Waals surface area contributed by atoms with E-state index in [4.69, 9.17) is 14.3 Å². The van der Waals surface area contributed by atoms with Crippen molar-refractivity contribution in [3.8, 4) is 22.8 Å². The summed E-state index contributed by atoms with van der Waals surface area (Å²) in [6.45, 7) is 0.445. The number of benzene rings is 2. The lowest BCUT2D eigenvalue weighted by molar-refractivity contribution is -0.146. The minimum Gasteiger partial charge on any atom is -0.507 e. The van der Waals surface area contributed by atoms with Crippen LogP contribution in [0.4, 0.5) is 0 Å². The number of phenols is 1. The number of carboxylic acids is 1. The van der Waals surface area contributed by atoms with Crippen LogP contribution < -0.4 is 10.2 Å². The molecule has 2 aromatic carbocycles. The summed E-state index contributed by atoms with van der Waals surface area (Å²) in [5.41, 5.74) is 0.477. The van der Waals surface area contributed by atoms with E-state index < -0.39 is 11.9 Å². The Morgan fingerprint density at radius 3 is 2.48 bits per heavy atom. The second-order valence-electron chi connectivity index (χ2n) is 7.44. The number of likely N-dealkylation sites (tertiary alicyclic amines) is 1. The number of rotatable bonds is 5. The van der Waals surface area contributed by atoms with E-state index in [-0.39, 0.29) is 40.4 Å². The number of nitrogens with zero attached hydrogens (tertiary/aromatic N) is 1. The molecule has 0 bridgehead atoms. The maximum absolute atomic E-state index is 12.5. The fourth-order valence-electron chi connectivity index (χ4n) is 3.68. The monoisotopic (exact) mass is 423 g/mol. The third-order valence-electron chi connectivity index (χ3n) is 5.40. The molecule has 0 spiro atoms. The van der Waals surface area contributed by atoms with E-state index in [9.17, 15) is 19.5 Å². The summed E-state index contributed by atoms with van der Waals surface area (Å²) < 4.78 is 11.4. The number of aliphatic carboxylic acids is 1. The molecule has 1 saturated heterocycles. The highest BCUT2D eigenvalue weighted by Gasteiger charge is 2.27. The van der Waals surface area contributed by atoms with Crippen LogP contribution in [0.3, 0.4) is 0 Å². The van der Waals surface area contributed by atoms with Crippen LogP contribution in [0.25, 0.3) is 22.3 Å². The van der Waals surface area contributed by atoms with E-state index in [2.05, 4.69) is 0 Å². The highest BCUT2D eigenvalue weighted by Crippen LogP contribution is 2.31. The average molecular weight is 423 g/mol. The van der Waals surface area contributed by atoms with Crippen LogP contribution in [0.5, 0.6) is 11.5 Å². The summed E-state index contributed by atoms with van der Waals surface area (Å²) in [6, 6.07) is 13.2. The van der Waals surface area contributed by atoms with Gasteiger partial charge in [0.25, 0.3) is 5.91 Å². The topological polar surface area (TPSA) is 117 Å². The Balaban J connectivity index is 1.51. The predicted molar refractivity (Wildman–Crippen MR) is 112 cm³/mol. The summed E-state index contributed by atoms with van der Waals surface area (Å²) in [7, 11) is 0. The van der Waals surface area contributed by atoms with Gasteiger partial charge >= 0.3 is 5.97 Å². The average Bonchev–Trinajstić information content (AvgIpc) is 2.77. The molecule has 1 aromatic heterocycles. The predicted octanol–water partition coefficient (Wildman–Crippen LogP) is 2.87. The van der Waals surface area contributed by atoms with Crippen LogP contribution in [0, 0.1) is 5.92 Å². The van der Waals surface area contributed by atoms with Crippen molar-refractivity contribution in [1.82, 2.24) is 4.90 Å². The van der Waals surface area contributed by atoms with Crippen LogP contribution in [0.2, 0.25) is 0 Å². The zero-order valence-electron chi connectivity index (χ0n) is 16.6. The van der Waals surface area contributed by atoms with Gasteiger partial charge < -0.3 is 24.3 Å². The molecular formula is C23H21NO7. The number of carboxylic acid groups (broad SMARTS) is 1. The molecule has 0 saturated carbocycles. The maximum atomic E-state index is 12.5. The van der Waals surface area contributed by atoms with Gasteiger partial charge in [-0.05, 0) is 12.8 Å². The molecule has 160 valence electrons. The number of aromatic hydroxyl groups is 1. The number of carbonyl (C=O) groups is 2. The summed E-state index contributed by atoms with van der Waals surface area (Å²) in [6.07, 6.45) is 0.816. The van der Waals surface area contributed by atoms with E-state index in [0.29, 0.717) is 37.3 Å². The van der Waals surface area contributed by atoms with Gasteiger partial charge in [0.1, 0.15) is 28.2 Å². The molecule has 8 heteroatoms. The van der Waals surface area contributed by atoms with Crippen LogP contribution in [0.15, 0.2) is 57.7 Å². The van der Waals surface area contributed by atoms with Gasteiger partial charge in [0.05, 0.1) is 5.92 Å². The molecule has 0 unspecified atom stereocenters. The molecule has 0 atom stereocenters. The van der Waals surface area contributed by atoms with Crippen molar-refractivity contribution in [3.05, 3.63) is 58.8 Å². The van der Waals surface area contributed by atoms with Crippen LogP contribution in [0.1, 0.15) is 12.8 Å². The third-order valence-corrected chi connectivity index (χ3v) is 5.40. The Labute approximate surface area is 177 Å². The van der Waals surface area contributed by atoms with E-state index in [0.717, 1.165) is 0 Å². The smallest absolute Gasteiger partial charge is 0.306 e. The SMILES string of the molecule is O=C(O)C1CCN(C(=O)COc2cc(O)c3c(=O)cc(-c4ccccc4)oc3c2)CC1.